The second-order valence-electron chi connectivity index (χ2n) is 5.10. The van der Waals surface area contributed by atoms with Crippen molar-refractivity contribution in [1.29, 1.82) is 0 Å². The molecule has 1 aromatic carbocycles. The summed E-state index contributed by atoms with van der Waals surface area (Å²) in [6.07, 6.45) is 1.02. The molecule has 6 nitrogen and oxygen atoms in total. The molecule has 2 N–H and O–H groups in total. The van der Waals surface area contributed by atoms with Crippen LogP contribution in [0.15, 0.2) is 22.7 Å². The van der Waals surface area contributed by atoms with E-state index in [4.69, 9.17) is 4.74 Å². The summed E-state index contributed by atoms with van der Waals surface area (Å²) in [6.45, 7) is 3.23. The third kappa shape index (κ3) is 4.13. The number of nitrogens with zero attached hydrogens (tertiary/aromatic N) is 1. The molecule has 2 amide bonds. The maximum atomic E-state index is 12.2. The third-order valence-corrected chi connectivity index (χ3v) is 4.05. The number of carbonyl (C=O) groups is 2. The summed E-state index contributed by atoms with van der Waals surface area (Å²) in [5.74, 6) is -0.363. The number of amides is 2. The summed E-state index contributed by atoms with van der Waals surface area (Å²) >= 11 is 3.28. The Morgan fingerprint density at radius 3 is 2.73 bits per heavy atom. The first kappa shape index (κ1) is 16.6. The first-order valence-corrected chi connectivity index (χ1v) is 8.01. The largest absolute Gasteiger partial charge is 0.507 e. The fourth-order valence-electron chi connectivity index (χ4n) is 2.37. The van der Waals surface area contributed by atoms with E-state index in [2.05, 4.69) is 21.2 Å². The molecule has 1 saturated heterocycles. The summed E-state index contributed by atoms with van der Waals surface area (Å²) in [5.41, 5.74) is 0.238. The maximum Gasteiger partial charge on any atom is 0.409 e. The Labute approximate surface area is 137 Å². The van der Waals surface area contributed by atoms with Crippen LogP contribution in [-0.2, 0) is 4.74 Å². The minimum atomic E-state index is -0.312. The minimum Gasteiger partial charge on any atom is -0.507 e. The van der Waals surface area contributed by atoms with Crippen LogP contribution in [-0.4, -0.2) is 47.7 Å². The first-order valence-electron chi connectivity index (χ1n) is 7.22. The van der Waals surface area contributed by atoms with Crippen LogP contribution in [0.2, 0.25) is 0 Å². The highest BCUT2D eigenvalue weighted by Crippen LogP contribution is 2.22. The lowest BCUT2D eigenvalue weighted by Crippen LogP contribution is -2.46. The molecule has 2 rings (SSSR count). The SMILES string of the molecule is CCOC(=O)N1CCC(NC(=O)c2cc(Br)ccc2O)CC1. The Morgan fingerprint density at radius 2 is 2.09 bits per heavy atom. The van der Waals surface area contributed by atoms with Gasteiger partial charge in [-0.2, -0.15) is 0 Å². The van der Waals surface area contributed by atoms with E-state index >= 15 is 0 Å². The van der Waals surface area contributed by atoms with Gasteiger partial charge in [-0.3, -0.25) is 4.79 Å². The van der Waals surface area contributed by atoms with Crippen molar-refractivity contribution in [2.24, 2.45) is 0 Å². The van der Waals surface area contributed by atoms with Gasteiger partial charge in [0.15, 0.2) is 0 Å². The topological polar surface area (TPSA) is 78.9 Å². The number of ether oxygens (including phenoxy) is 1. The molecule has 0 radical (unpaired) electrons. The van der Waals surface area contributed by atoms with E-state index < -0.39 is 0 Å². The number of piperidine rings is 1. The van der Waals surface area contributed by atoms with Crippen molar-refractivity contribution in [3.8, 4) is 5.75 Å². The van der Waals surface area contributed by atoms with Crippen LogP contribution < -0.4 is 5.32 Å². The summed E-state index contributed by atoms with van der Waals surface area (Å²) in [4.78, 5) is 25.5. The predicted octanol–water partition coefficient (Wildman–Crippen LogP) is 2.51. The Balaban J connectivity index is 1.89. The van der Waals surface area contributed by atoms with Crippen LogP contribution in [0.3, 0.4) is 0 Å². The van der Waals surface area contributed by atoms with Crippen LogP contribution in [0.1, 0.15) is 30.1 Å². The highest BCUT2D eigenvalue weighted by atomic mass is 79.9. The maximum absolute atomic E-state index is 12.2. The molecule has 0 spiro atoms. The van der Waals surface area contributed by atoms with Gasteiger partial charge in [-0.05, 0) is 38.0 Å². The van der Waals surface area contributed by atoms with Crippen LogP contribution in [0, 0.1) is 0 Å². The number of carbonyl (C=O) groups excluding carboxylic acids is 2. The van der Waals surface area contributed by atoms with Crippen molar-refractivity contribution in [1.82, 2.24) is 10.2 Å². The van der Waals surface area contributed by atoms with Crippen molar-refractivity contribution in [3.05, 3.63) is 28.2 Å². The zero-order valence-corrected chi connectivity index (χ0v) is 13.9. The number of hydrogen-bond donors (Lipinski definition) is 2. The van der Waals surface area contributed by atoms with Crippen LogP contribution in [0.25, 0.3) is 0 Å². The van der Waals surface area contributed by atoms with Gasteiger partial charge in [0, 0.05) is 23.6 Å². The molecule has 22 heavy (non-hydrogen) atoms. The van der Waals surface area contributed by atoms with Gasteiger partial charge in [-0.1, -0.05) is 15.9 Å². The molecule has 0 unspecified atom stereocenters. The number of phenolic OH excluding ortho intramolecular Hbond substituents is 1. The molecule has 1 aliphatic heterocycles. The smallest absolute Gasteiger partial charge is 0.409 e. The third-order valence-electron chi connectivity index (χ3n) is 3.56. The van der Waals surface area contributed by atoms with Gasteiger partial charge in [-0.25, -0.2) is 4.79 Å². The lowest BCUT2D eigenvalue weighted by atomic mass is 10.0. The molecular formula is C15H19BrN2O4. The average molecular weight is 371 g/mol. The van der Waals surface area contributed by atoms with Crippen molar-refractivity contribution in [2.45, 2.75) is 25.8 Å². The van der Waals surface area contributed by atoms with E-state index in [1.807, 2.05) is 0 Å². The van der Waals surface area contributed by atoms with Gasteiger partial charge in [0.2, 0.25) is 0 Å². The van der Waals surface area contributed by atoms with Gasteiger partial charge < -0.3 is 20.1 Å². The normalized spacial score (nSPS) is 15.5. The van der Waals surface area contributed by atoms with Gasteiger partial charge in [-0.15, -0.1) is 0 Å². The van der Waals surface area contributed by atoms with Crippen LogP contribution >= 0.6 is 15.9 Å². The highest BCUT2D eigenvalue weighted by molar-refractivity contribution is 9.10. The van der Waals surface area contributed by atoms with Crippen molar-refractivity contribution in [2.75, 3.05) is 19.7 Å². The van der Waals surface area contributed by atoms with Gasteiger partial charge in [0.1, 0.15) is 5.75 Å². The van der Waals surface area contributed by atoms with Crippen molar-refractivity contribution >= 4 is 27.9 Å². The molecule has 0 aliphatic carbocycles. The fraction of sp³-hybridized carbons (Fsp3) is 0.467. The zero-order valence-electron chi connectivity index (χ0n) is 12.3. The summed E-state index contributed by atoms with van der Waals surface area (Å²) in [5, 5.41) is 12.7. The quantitative estimate of drug-likeness (QED) is 0.856. The van der Waals surface area contributed by atoms with Crippen molar-refractivity contribution < 1.29 is 19.4 Å². The van der Waals surface area contributed by atoms with Crippen molar-refractivity contribution in [3.63, 3.8) is 0 Å². The number of phenols is 1. The van der Waals surface area contributed by atoms with Gasteiger partial charge in [0.25, 0.3) is 5.91 Å². The molecule has 1 heterocycles. The summed E-state index contributed by atoms with van der Waals surface area (Å²) < 4.78 is 5.69. The second kappa shape index (κ2) is 7.49. The van der Waals surface area contributed by atoms with Crippen LogP contribution in [0.5, 0.6) is 5.75 Å². The molecule has 7 heteroatoms. The van der Waals surface area contributed by atoms with E-state index in [1.54, 1.807) is 24.0 Å². The molecule has 0 saturated carbocycles. The number of halogens is 1. The second-order valence-corrected chi connectivity index (χ2v) is 6.01. The Morgan fingerprint density at radius 1 is 1.41 bits per heavy atom. The number of likely N-dealkylation sites (tertiary alicyclic amines) is 1. The summed E-state index contributed by atoms with van der Waals surface area (Å²) in [7, 11) is 0. The van der Waals surface area contributed by atoms with Crippen LogP contribution in [0.4, 0.5) is 4.79 Å². The van der Waals surface area contributed by atoms with Gasteiger partial charge in [0.05, 0.1) is 12.2 Å². The summed E-state index contributed by atoms with van der Waals surface area (Å²) in [6, 6.07) is 4.71. The van der Waals surface area contributed by atoms with E-state index in [1.165, 1.54) is 6.07 Å². The predicted molar refractivity (Wildman–Crippen MR) is 84.9 cm³/mol. The van der Waals surface area contributed by atoms with E-state index in [0.29, 0.717) is 32.5 Å². The lowest BCUT2D eigenvalue weighted by molar-refractivity contribution is 0.0858. The number of aromatic hydroxyl groups is 1. The van der Waals surface area contributed by atoms with Gasteiger partial charge >= 0.3 is 6.09 Å². The standard InChI is InChI=1S/C15H19BrN2O4/c1-2-22-15(21)18-7-5-11(6-8-18)17-14(20)12-9-10(16)3-4-13(12)19/h3-4,9,11,19H,2,5-8H2,1H3,(H,17,20). The highest BCUT2D eigenvalue weighted by Gasteiger charge is 2.25. The molecule has 0 bridgehead atoms. The molecule has 0 atom stereocenters. The minimum absolute atomic E-state index is 0.0171. The molecule has 120 valence electrons. The van der Waals surface area contributed by atoms with E-state index in [0.717, 1.165) is 4.47 Å². The average Bonchev–Trinajstić information content (AvgIpc) is 2.50. The number of benzene rings is 1. The Kier molecular flexibility index (Phi) is 5.65. The number of rotatable bonds is 3. The van der Waals surface area contributed by atoms with E-state index in [9.17, 15) is 14.7 Å². The molecule has 1 fully saturated rings. The number of hydrogen-bond acceptors (Lipinski definition) is 4. The molecule has 0 aromatic heterocycles. The molecule has 1 aromatic rings. The number of nitrogens with one attached hydrogen (secondary N) is 1. The zero-order chi connectivity index (χ0) is 16.1. The lowest BCUT2D eigenvalue weighted by Gasteiger charge is -2.31. The Hall–Kier alpha value is -1.76. The monoisotopic (exact) mass is 370 g/mol. The fourth-order valence-corrected chi connectivity index (χ4v) is 2.74. The first-order chi connectivity index (χ1) is 10.5. The molecule has 1 aliphatic rings. The van der Waals surface area contributed by atoms with E-state index in [-0.39, 0.29) is 29.4 Å². The Bertz CT molecular complexity index is 556. The molecular weight excluding hydrogens is 352 g/mol.